The zero-order valence-electron chi connectivity index (χ0n) is 17.2. The molecule has 0 aromatic carbocycles. The molecule has 0 aliphatic carbocycles. The SMILES string of the molecule is CCCCCCCC(CCCCCCC)Sc1cc(NCC)nc(N)n1. The van der Waals surface area contributed by atoms with E-state index in [-0.39, 0.29) is 0 Å². The van der Waals surface area contributed by atoms with E-state index >= 15 is 0 Å². The topological polar surface area (TPSA) is 63.8 Å². The van der Waals surface area contributed by atoms with E-state index < -0.39 is 0 Å². The van der Waals surface area contributed by atoms with E-state index in [4.69, 9.17) is 5.73 Å². The van der Waals surface area contributed by atoms with Gasteiger partial charge >= 0.3 is 0 Å². The number of anilines is 2. The number of hydrogen-bond acceptors (Lipinski definition) is 5. The van der Waals surface area contributed by atoms with Gasteiger partial charge < -0.3 is 11.1 Å². The molecule has 0 amide bonds. The van der Waals surface area contributed by atoms with Crippen LogP contribution in [0.5, 0.6) is 0 Å². The molecule has 0 spiro atoms. The molecule has 0 bridgehead atoms. The lowest BCUT2D eigenvalue weighted by Gasteiger charge is -2.17. The maximum Gasteiger partial charge on any atom is 0.223 e. The van der Waals surface area contributed by atoms with E-state index in [1.54, 1.807) is 0 Å². The van der Waals surface area contributed by atoms with Crippen LogP contribution in [0.3, 0.4) is 0 Å². The molecule has 0 unspecified atom stereocenters. The zero-order chi connectivity index (χ0) is 19.0. The van der Waals surface area contributed by atoms with Gasteiger partial charge in [0.1, 0.15) is 10.8 Å². The Labute approximate surface area is 165 Å². The van der Waals surface area contributed by atoms with E-state index in [1.165, 1.54) is 77.0 Å². The van der Waals surface area contributed by atoms with Crippen molar-refractivity contribution in [3.8, 4) is 0 Å². The van der Waals surface area contributed by atoms with Gasteiger partial charge in [-0.2, -0.15) is 4.98 Å². The summed E-state index contributed by atoms with van der Waals surface area (Å²) >= 11 is 1.90. The lowest BCUT2D eigenvalue weighted by Crippen LogP contribution is -2.07. The Balaban J connectivity index is 2.55. The number of nitrogens with one attached hydrogen (secondary N) is 1. The molecule has 0 fully saturated rings. The van der Waals surface area contributed by atoms with Gasteiger partial charge in [0, 0.05) is 17.9 Å². The molecule has 1 aromatic heterocycles. The third kappa shape index (κ3) is 10.9. The van der Waals surface area contributed by atoms with Crippen molar-refractivity contribution in [1.82, 2.24) is 9.97 Å². The molecule has 4 nitrogen and oxygen atoms in total. The van der Waals surface area contributed by atoms with Crippen molar-refractivity contribution >= 4 is 23.5 Å². The van der Waals surface area contributed by atoms with E-state index in [9.17, 15) is 0 Å². The van der Waals surface area contributed by atoms with Gasteiger partial charge in [0.2, 0.25) is 5.95 Å². The molecule has 0 atom stereocenters. The van der Waals surface area contributed by atoms with Crippen LogP contribution < -0.4 is 11.1 Å². The molecule has 3 N–H and O–H groups in total. The number of hydrogen-bond donors (Lipinski definition) is 2. The molecule has 1 heterocycles. The molecule has 0 saturated carbocycles. The predicted molar refractivity (Wildman–Crippen MR) is 117 cm³/mol. The minimum atomic E-state index is 0.371. The van der Waals surface area contributed by atoms with Gasteiger partial charge in [0.05, 0.1) is 0 Å². The van der Waals surface area contributed by atoms with Crippen molar-refractivity contribution in [3.63, 3.8) is 0 Å². The summed E-state index contributed by atoms with van der Waals surface area (Å²) in [6, 6.07) is 2.05. The maximum absolute atomic E-state index is 5.90. The second kappa shape index (κ2) is 15.1. The third-order valence-corrected chi connectivity index (χ3v) is 5.88. The largest absolute Gasteiger partial charge is 0.370 e. The van der Waals surface area contributed by atoms with Gasteiger partial charge in [-0.25, -0.2) is 4.98 Å². The van der Waals surface area contributed by atoms with Gasteiger partial charge in [-0.15, -0.1) is 11.8 Å². The van der Waals surface area contributed by atoms with E-state index in [2.05, 4.69) is 36.1 Å². The monoisotopic (exact) mass is 380 g/mol. The Morgan fingerprint density at radius 2 is 1.46 bits per heavy atom. The minimum Gasteiger partial charge on any atom is -0.370 e. The Morgan fingerprint density at radius 1 is 0.885 bits per heavy atom. The van der Waals surface area contributed by atoms with Crippen molar-refractivity contribution < 1.29 is 0 Å². The first-order valence-corrected chi connectivity index (χ1v) is 11.6. The van der Waals surface area contributed by atoms with Gasteiger partial charge in [-0.05, 0) is 19.8 Å². The van der Waals surface area contributed by atoms with Crippen LogP contribution in [0.4, 0.5) is 11.8 Å². The second-order valence-corrected chi connectivity index (χ2v) is 8.45. The van der Waals surface area contributed by atoms with Crippen molar-refractivity contribution in [2.24, 2.45) is 0 Å². The van der Waals surface area contributed by atoms with Crippen LogP contribution in [-0.4, -0.2) is 21.8 Å². The van der Waals surface area contributed by atoms with Gasteiger partial charge in [0.15, 0.2) is 0 Å². The summed E-state index contributed by atoms with van der Waals surface area (Å²) in [5, 5.41) is 4.91. The third-order valence-electron chi connectivity index (χ3n) is 4.62. The first-order valence-electron chi connectivity index (χ1n) is 10.7. The average molecular weight is 381 g/mol. The van der Waals surface area contributed by atoms with Crippen molar-refractivity contribution in [2.45, 2.75) is 108 Å². The average Bonchev–Trinajstić information content (AvgIpc) is 2.61. The molecule has 5 heteroatoms. The highest BCUT2D eigenvalue weighted by Crippen LogP contribution is 2.31. The van der Waals surface area contributed by atoms with Crippen molar-refractivity contribution in [2.75, 3.05) is 17.6 Å². The molecule has 0 radical (unpaired) electrons. The highest BCUT2D eigenvalue weighted by atomic mass is 32.2. The Bertz CT molecular complexity index is 453. The number of thioether (sulfide) groups is 1. The summed E-state index contributed by atoms with van der Waals surface area (Å²) in [6.07, 6.45) is 16.0. The van der Waals surface area contributed by atoms with E-state index in [0.717, 1.165) is 17.4 Å². The van der Waals surface area contributed by atoms with E-state index in [1.807, 2.05) is 17.8 Å². The van der Waals surface area contributed by atoms with Crippen LogP contribution in [-0.2, 0) is 0 Å². The Hall–Kier alpha value is -0.970. The van der Waals surface area contributed by atoms with E-state index in [0.29, 0.717) is 11.2 Å². The fraction of sp³-hybridized carbons (Fsp3) is 0.810. The standard InChI is InChI=1S/C21H40N4S/c1-4-7-9-11-13-15-18(16-14-12-10-8-5-2)26-20-17-19(23-6-3)24-21(22)25-20/h17-18H,4-16H2,1-3H3,(H3,22,23,24,25). The summed E-state index contributed by atoms with van der Waals surface area (Å²) in [4.78, 5) is 8.73. The molecule has 1 aromatic rings. The summed E-state index contributed by atoms with van der Waals surface area (Å²) in [5.41, 5.74) is 5.90. The molecule has 0 aliphatic heterocycles. The highest BCUT2D eigenvalue weighted by molar-refractivity contribution is 7.99. The predicted octanol–water partition coefficient (Wildman–Crippen LogP) is 6.67. The number of nitrogens with two attached hydrogens (primary N) is 1. The van der Waals surface area contributed by atoms with Gasteiger partial charge in [0.25, 0.3) is 0 Å². The first-order chi connectivity index (χ1) is 12.7. The van der Waals surface area contributed by atoms with Crippen LogP contribution >= 0.6 is 11.8 Å². The van der Waals surface area contributed by atoms with Crippen LogP contribution in [0, 0.1) is 0 Å². The lowest BCUT2D eigenvalue weighted by atomic mass is 10.0. The number of nitrogens with zero attached hydrogens (tertiary/aromatic N) is 2. The molecule has 0 saturated heterocycles. The molecule has 1 rings (SSSR count). The van der Waals surface area contributed by atoms with Crippen LogP contribution in [0.25, 0.3) is 0 Å². The van der Waals surface area contributed by atoms with Gasteiger partial charge in [-0.1, -0.05) is 78.1 Å². The molecule has 0 aliphatic rings. The fourth-order valence-corrected chi connectivity index (χ4v) is 4.40. The minimum absolute atomic E-state index is 0.371. The van der Waals surface area contributed by atoms with Crippen LogP contribution in [0.15, 0.2) is 11.1 Å². The number of rotatable bonds is 16. The Kier molecular flexibility index (Phi) is 13.4. The summed E-state index contributed by atoms with van der Waals surface area (Å²) in [7, 11) is 0. The summed E-state index contributed by atoms with van der Waals surface area (Å²) in [6.45, 7) is 7.46. The van der Waals surface area contributed by atoms with Crippen molar-refractivity contribution in [1.29, 1.82) is 0 Å². The molecular weight excluding hydrogens is 340 g/mol. The second-order valence-electron chi connectivity index (χ2n) is 7.13. The molecule has 150 valence electrons. The van der Waals surface area contributed by atoms with Crippen molar-refractivity contribution in [3.05, 3.63) is 6.07 Å². The summed E-state index contributed by atoms with van der Waals surface area (Å²) < 4.78 is 0. The smallest absolute Gasteiger partial charge is 0.223 e. The van der Waals surface area contributed by atoms with Crippen LogP contribution in [0.2, 0.25) is 0 Å². The number of aromatic nitrogens is 2. The normalized spacial score (nSPS) is 11.2. The lowest BCUT2D eigenvalue weighted by molar-refractivity contribution is 0.551. The molecular formula is C21H40N4S. The Morgan fingerprint density at radius 3 is 2.00 bits per heavy atom. The first kappa shape index (κ1) is 23.1. The quantitative estimate of drug-likeness (QED) is 0.190. The van der Waals surface area contributed by atoms with Gasteiger partial charge in [-0.3, -0.25) is 0 Å². The summed E-state index contributed by atoms with van der Waals surface area (Å²) in [5.74, 6) is 1.21. The molecule has 26 heavy (non-hydrogen) atoms. The highest BCUT2D eigenvalue weighted by Gasteiger charge is 2.13. The fourth-order valence-electron chi connectivity index (χ4n) is 3.16. The van der Waals surface area contributed by atoms with Crippen LogP contribution in [0.1, 0.15) is 97.8 Å². The maximum atomic E-state index is 5.90. The number of unbranched alkanes of at least 4 members (excludes halogenated alkanes) is 8. The zero-order valence-corrected chi connectivity index (χ0v) is 18.0. The number of nitrogen functional groups attached to an aromatic ring is 1.